The molecule has 0 unspecified atom stereocenters. The average Bonchev–Trinajstić information content (AvgIpc) is 2.74. The number of nitrogens with zero attached hydrogens (tertiary/aromatic N) is 3. The molecule has 2 rings (SSSR count). The zero-order chi connectivity index (χ0) is 14.5. The molecule has 0 saturated heterocycles. The normalized spacial score (nSPS) is 11.2. The van der Waals surface area contributed by atoms with Crippen molar-refractivity contribution in [2.24, 2.45) is 5.92 Å². The van der Waals surface area contributed by atoms with Gasteiger partial charge in [0.1, 0.15) is 12.1 Å². The van der Waals surface area contributed by atoms with Crippen molar-refractivity contribution in [3.63, 3.8) is 0 Å². The van der Waals surface area contributed by atoms with E-state index in [1.165, 1.54) is 12.1 Å². The predicted octanol–water partition coefficient (Wildman–Crippen LogP) is 2.97. The summed E-state index contributed by atoms with van der Waals surface area (Å²) in [6, 6.07) is 4.82. The minimum Gasteiger partial charge on any atom is -0.310 e. The molecule has 0 amide bonds. The topological polar surface area (TPSA) is 42.7 Å². The molecule has 4 nitrogen and oxygen atoms in total. The van der Waals surface area contributed by atoms with E-state index in [1.54, 1.807) is 11.0 Å². The minimum absolute atomic E-state index is 0.256. The van der Waals surface area contributed by atoms with Crippen molar-refractivity contribution in [2.75, 3.05) is 6.54 Å². The molecule has 1 aromatic heterocycles. The van der Waals surface area contributed by atoms with Crippen molar-refractivity contribution in [1.29, 1.82) is 0 Å². The third kappa shape index (κ3) is 4.68. The van der Waals surface area contributed by atoms with Gasteiger partial charge in [0.25, 0.3) is 0 Å². The molecule has 0 saturated carbocycles. The molecular weight excluding hydrogens is 323 g/mol. The smallest absolute Gasteiger partial charge is 0.164 e. The van der Waals surface area contributed by atoms with Crippen molar-refractivity contribution < 1.29 is 4.39 Å². The van der Waals surface area contributed by atoms with Crippen molar-refractivity contribution in [1.82, 2.24) is 20.1 Å². The van der Waals surface area contributed by atoms with Crippen molar-refractivity contribution in [2.45, 2.75) is 26.9 Å². The van der Waals surface area contributed by atoms with Gasteiger partial charge in [-0.25, -0.2) is 14.1 Å². The molecule has 0 aliphatic carbocycles. The summed E-state index contributed by atoms with van der Waals surface area (Å²) in [5.74, 6) is 1.09. The lowest BCUT2D eigenvalue weighted by Gasteiger charge is -2.04. The molecule has 0 fully saturated rings. The Bertz CT molecular complexity index is 548. The van der Waals surface area contributed by atoms with Gasteiger partial charge in [-0.3, -0.25) is 0 Å². The maximum Gasteiger partial charge on any atom is 0.164 e. The van der Waals surface area contributed by atoms with E-state index in [-0.39, 0.29) is 5.82 Å². The maximum absolute atomic E-state index is 13.3. The Kier molecular flexibility index (Phi) is 5.25. The summed E-state index contributed by atoms with van der Waals surface area (Å²) >= 11 is 3.28. The molecule has 108 valence electrons. The number of hydrogen-bond donors (Lipinski definition) is 1. The summed E-state index contributed by atoms with van der Waals surface area (Å²) in [7, 11) is 0. The number of rotatable bonds is 6. The largest absolute Gasteiger partial charge is 0.310 e. The van der Waals surface area contributed by atoms with Crippen LogP contribution in [0.15, 0.2) is 29.0 Å². The molecule has 0 bridgehead atoms. The van der Waals surface area contributed by atoms with E-state index < -0.39 is 0 Å². The number of aromatic nitrogens is 3. The van der Waals surface area contributed by atoms with Crippen LogP contribution in [0.1, 0.15) is 25.2 Å². The fraction of sp³-hybridized carbons (Fsp3) is 0.429. The highest BCUT2D eigenvalue weighted by atomic mass is 79.9. The molecule has 1 heterocycles. The van der Waals surface area contributed by atoms with Crippen LogP contribution in [0.3, 0.4) is 0 Å². The Morgan fingerprint density at radius 2 is 2.15 bits per heavy atom. The second-order valence-electron chi connectivity index (χ2n) is 5.16. The number of benzene rings is 1. The molecule has 0 spiro atoms. The van der Waals surface area contributed by atoms with E-state index >= 15 is 0 Å². The van der Waals surface area contributed by atoms with Crippen molar-refractivity contribution in [3.05, 3.63) is 46.2 Å². The van der Waals surface area contributed by atoms with E-state index in [4.69, 9.17) is 0 Å². The van der Waals surface area contributed by atoms with Gasteiger partial charge in [-0.15, -0.1) is 0 Å². The summed E-state index contributed by atoms with van der Waals surface area (Å²) in [6.45, 7) is 6.40. The third-order valence-corrected chi connectivity index (χ3v) is 3.14. The molecule has 0 radical (unpaired) electrons. The van der Waals surface area contributed by atoms with Crippen molar-refractivity contribution in [3.8, 4) is 0 Å². The van der Waals surface area contributed by atoms with Gasteiger partial charge in [0, 0.05) is 4.47 Å². The molecule has 0 aliphatic rings. The molecule has 0 atom stereocenters. The van der Waals surface area contributed by atoms with Crippen LogP contribution < -0.4 is 5.32 Å². The van der Waals surface area contributed by atoms with Crippen LogP contribution in [-0.4, -0.2) is 21.3 Å². The van der Waals surface area contributed by atoms with Crippen molar-refractivity contribution >= 4 is 15.9 Å². The average molecular weight is 341 g/mol. The highest BCUT2D eigenvalue weighted by molar-refractivity contribution is 9.10. The molecule has 1 N–H and O–H groups in total. The lowest BCUT2D eigenvalue weighted by Crippen LogP contribution is -2.19. The second kappa shape index (κ2) is 6.95. The molecule has 6 heteroatoms. The van der Waals surface area contributed by atoms with E-state index in [1.807, 2.05) is 6.07 Å². The Morgan fingerprint density at radius 3 is 2.85 bits per heavy atom. The molecule has 1 aromatic carbocycles. The lowest BCUT2D eigenvalue weighted by molar-refractivity contribution is 0.539. The fourth-order valence-electron chi connectivity index (χ4n) is 1.85. The first-order chi connectivity index (χ1) is 9.52. The first-order valence-corrected chi connectivity index (χ1v) is 7.36. The second-order valence-corrected chi connectivity index (χ2v) is 6.08. The number of halogens is 2. The summed E-state index contributed by atoms with van der Waals surface area (Å²) in [4.78, 5) is 4.24. The van der Waals surface area contributed by atoms with E-state index in [9.17, 15) is 4.39 Å². The zero-order valence-electron chi connectivity index (χ0n) is 11.6. The van der Waals surface area contributed by atoms with Gasteiger partial charge < -0.3 is 5.32 Å². The van der Waals surface area contributed by atoms with Gasteiger partial charge in [0.2, 0.25) is 0 Å². The van der Waals surface area contributed by atoms with Gasteiger partial charge in [-0.1, -0.05) is 29.8 Å². The molecule has 0 aliphatic heterocycles. The Morgan fingerprint density at radius 1 is 1.35 bits per heavy atom. The van der Waals surface area contributed by atoms with Crippen LogP contribution in [0.25, 0.3) is 0 Å². The summed E-state index contributed by atoms with van der Waals surface area (Å²) in [5, 5.41) is 7.66. The summed E-state index contributed by atoms with van der Waals surface area (Å²) in [6.07, 6.45) is 1.67. The Hall–Kier alpha value is -1.27. The van der Waals surface area contributed by atoms with Crippen LogP contribution in [0, 0.1) is 11.7 Å². The van der Waals surface area contributed by atoms with Crippen LogP contribution in [0.5, 0.6) is 0 Å². The minimum atomic E-state index is -0.256. The monoisotopic (exact) mass is 340 g/mol. The van der Waals surface area contributed by atoms with E-state index in [0.29, 0.717) is 19.0 Å². The first-order valence-electron chi connectivity index (χ1n) is 6.57. The fourth-order valence-corrected chi connectivity index (χ4v) is 2.37. The summed E-state index contributed by atoms with van der Waals surface area (Å²) in [5.41, 5.74) is 0.850. The van der Waals surface area contributed by atoms with Crippen LogP contribution >= 0.6 is 15.9 Å². The molecule has 20 heavy (non-hydrogen) atoms. The zero-order valence-corrected chi connectivity index (χ0v) is 13.2. The van der Waals surface area contributed by atoms with Gasteiger partial charge in [0.15, 0.2) is 5.82 Å². The first kappa shape index (κ1) is 15.1. The predicted molar refractivity (Wildman–Crippen MR) is 79.8 cm³/mol. The Balaban J connectivity index is 1.95. The maximum atomic E-state index is 13.3. The van der Waals surface area contributed by atoms with Crippen LogP contribution in [-0.2, 0) is 13.1 Å². The highest BCUT2D eigenvalue weighted by Gasteiger charge is 2.04. The van der Waals surface area contributed by atoms with Gasteiger partial charge >= 0.3 is 0 Å². The quantitative estimate of drug-likeness (QED) is 0.878. The lowest BCUT2D eigenvalue weighted by atomic mass is 10.2. The van der Waals surface area contributed by atoms with Crippen LogP contribution in [0.4, 0.5) is 4.39 Å². The SMILES string of the molecule is CC(C)CNCc1ncn(Cc2cc(F)cc(Br)c2)n1. The molecule has 2 aromatic rings. The van der Waals surface area contributed by atoms with Gasteiger partial charge in [-0.2, -0.15) is 5.10 Å². The molecular formula is C14H18BrFN4. The highest BCUT2D eigenvalue weighted by Crippen LogP contribution is 2.15. The van der Waals surface area contributed by atoms with E-state index in [0.717, 1.165) is 22.4 Å². The van der Waals surface area contributed by atoms with Gasteiger partial charge in [-0.05, 0) is 36.2 Å². The van der Waals surface area contributed by atoms with E-state index in [2.05, 4.69) is 45.2 Å². The number of hydrogen-bond acceptors (Lipinski definition) is 3. The Labute approximate surface area is 126 Å². The van der Waals surface area contributed by atoms with Gasteiger partial charge in [0.05, 0.1) is 13.1 Å². The summed E-state index contributed by atoms with van der Waals surface area (Å²) < 4.78 is 15.7. The standard InChI is InChI=1S/C14H18BrFN4/c1-10(2)6-17-7-14-18-9-20(19-14)8-11-3-12(15)5-13(16)4-11/h3-5,9-10,17H,6-8H2,1-2H3. The number of nitrogens with one attached hydrogen (secondary N) is 1. The van der Waals surface area contributed by atoms with Crippen LogP contribution in [0.2, 0.25) is 0 Å². The third-order valence-electron chi connectivity index (χ3n) is 2.69.